The number of aryl methyl sites for hydroxylation is 1. The van der Waals surface area contributed by atoms with Gasteiger partial charge in [-0.15, -0.1) is 0 Å². The summed E-state index contributed by atoms with van der Waals surface area (Å²) in [7, 11) is 0. The highest BCUT2D eigenvalue weighted by atomic mass is 19.1. The van der Waals surface area contributed by atoms with Gasteiger partial charge in [-0.2, -0.15) is 0 Å². The van der Waals surface area contributed by atoms with Crippen molar-refractivity contribution in [2.24, 2.45) is 0 Å². The SMILES string of the molecule is CCc1ccccc1NC(=O)CNc1cc(F)ccc1F. The zero-order valence-corrected chi connectivity index (χ0v) is 11.6. The Kier molecular flexibility index (Phi) is 4.87. The zero-order valence-electron chi connectivity index (χ0n) is 11.6. The minimum atomic E-state index is -0.599. The van der Waals surface area contributed by atoms with Crippen LogP contribution < -0.4 is 10.6 Å². The number of anilines is 2. The summed E-state index contributed by atoms with van der Waals surface area (Å²) in [6, 6.07) is 10.5. The molecule has 2 aromatic carbocycles. The van der Waals surface area contributed by atoms with Crippen molar-refractivity contribution < 1.29 is 13.6 Å². The average molecular weight is 290 g/mol. The van der Waals surface area contributed by atoms with Crippen LogP contribution in [0.5, 0.6) is 0 Å². The summed E-state index contributed by atoms with van der Waals surface area (Å²) >= 11 is 0. The predicted molar refractivity (Wildman–Crippen MR) is 79.3 cm³/mol. The molecule has 0 saturated carbocycles. The largest absolute Gasteiger partial charge is 0.374 e. The number of hydrogen-bond donors (Lipinski definition) is 2. The first-order valence-corrected chi connectivity index (χ1v) is 6.67. The lowest BCUT2D eigenvalue weighted by atomic mass is 10.1. The second-order valence-corrected chi connectivity index (χ2v) is 4.54. The van der Waals surface area contributed by atoms with Crippen LogP contribution in [-0.2, 0) is 11.2 Å². The van der Waals surface area contributed by atoms with E-state index < -0.39 is 11.6 Å². The third-order valence-electron chi connectivity index (χ3n) is 3.04. The maximum Gasteiger partial charge on any atom is 0.243 e. The van der Waals surface area contributed by atoms with E-state index in [1.165, 1.54) is 0 Å². The third-order valence-corrected chi connectivity index (χ3v) is 3.04. The van der Waals surface area contributed by atoms with Crippen molar-refractivity contribution in [1.29, 1.82) is 0 Å². The Hall–Kier alpha value is -2.43. The highest BCUT2D eigenvalue weighted by molar-refractivity contribution is 5.94. The molecule has 0 bridgehead atoms. The number of rotatable bonds is 5. The van der Waals surface area contributed by atoms with Crippen LogP contribution in [0.25, 0.3) is 0 Å². The Bertz CT molecular complexity index is 644. The van der Waals surface area contributed by atoms with Gasteiger partial charge in [0.2, 0.25) is 5.91 Å². The summed E-state index contributed by atoms with van der Waals surface area (Å²) in [5.74, 6) is -1.48. The van der Waals surface area contributed by atoms with E-state index in [9.17, 15) is 13.6 Å². The number of benzene rings is 2. The van der Waals surface area contributed by atoms with E-state index in [4.69, 9.17) is 0 Å². The summed E-state index contributed by atoms with van der Waals surface area (Å²) < 4.78 is 26.4. The summed E-state index contributed by atoms with van der Waals surface area (Å²) in [4.78, 5) is 11.9. The number of nitrogens with one attached hydrogen (secondary N) is 2. The molecule has 2 rings (SSSR count). The molecule has 2 aromatic rings. The van der Waals surface area contributed by atoms with E-state index in [0.717, 1.165) is 35.9 Å². The summed E-state index contributed by atoms with van der Waals surface area (Å²) in [6.07, 6.45) is 0.794. The summed E-state index contributed by atoms with van der Waals surface area (Å²) in [5, 5.41) is 5.33. The van der Waals surface area contributed by atoms with Crippen molar-refractivity contribution in [3.63, 3.8) is 0 Å². The molecule has 0 atom stereocenters. The van der Waals surface area contributed by atoms with Gasteiger partial charge in [0.25, 0.3) is 0 Å². The molecule has 0 saturated heterocycles. The topological polar surface area (TPSA) is 41.1 Å². The van der Waals surface area contributed by atoms with Gasteiger partial charge in [-0.3, -0.25) is 4.79 Å². The molecular weight excluding hydrogens is 274 g/mol. The molecule has 1 amide bonds. The quantitative estimate of drug-likeness (QED) is 0.883. The summed E-state index contributed by atoms with van der Waals surface area (Å²) in [6.45, 7) is 1.85. The lowest BCUT2D eigenvalue weighted by Gasteiger charge is -2.11. The number of carbonyl (C=O) groups excluding carboxylic acids is 1. The molecule has 0 aliphatic heterocycles. The monoisotopic (exact) mass is 290 g/mol. The van der Waals surface area contributed by atoms with E-state index in [1.54, 1.807) is 6.07 Å². The van der Waals surface area contributed by atoms with Gasteiger partial charge in [0, 0.05) is 5.69 Å². The third kappa shape index (κ3) is 4.02. The van der Waals surface area contributed by atoms with Crippen LogP contribution >= 0.6 is 0 Å². The highest BCUT2D eigenvalue weighted by Crippen LogP contribution is 2.16. The van der Waals surface area contributed by atoms with Crippen LogP contribution in [0.4, 0.5) is 20.2 Å². The first-order chi connectivity index (χ1) is 10.1. The number of hydrogen-bond acceptors (Lipinski definition) is 2. The fraction of sp³-hybridized carbons (Fsp3) is 0.188. The number of para-hydroxylation sites is 1. The van der Waals surface area contributed by atoms with Crippen LogP contribution in [0.2, 0.25) is 0 Å². The normalized spacial score (nSPS) is 10.2. The van der Waals surface area contributed by atoms with Gasteiger partial charge in [-0.1, -0.05) is 25.1 Å². The van der Waals surface area contributed by atoms with Crippen molar-refractivity contribution in [3.05, 3.63) is 59.7 Å². The lowest BCUT2D eigenvalue weighted by Crippen LogP contribution is -2.22. The molecule has 0 aliphatic carbocycles. The molecule has 21 heavy (non-hydrogen) atoms. The van der Waals surface area contributed by atoms with Gasteiger partial charge in [0.05, 0.1) is 12.2 Å². The molecule has 0 aliphatic rings. The number of halogens is 2. The first-order valence-electron chi connectivity index (χ1n) is 6.67. The van der Waals surface area contributed by atoms with Crippen molar-refractivity contribution in [2.45, 2.75) is 13.3 Å². The second kappa shape index (κ2) is 6.83. The molecule has 0 radical (unpaired) electrons. The van der Waals surface area contributed by atoms with Crippen molar-refractivity contribution in [3.8, 4) is 0 Å². The van der Waals surface area contributed by atoms with Gasteiger partial charge < -0.3 is 10.6 Å². The Morgan fingerprint density at radius 3 is 2.62 bits per heavy atom. The van der Waals surface area contributed by atoms with E-state index >= 15 is 0 Å². The molecule has 2 N–H and O–H groups in total. The molecule has 0 heterocycles. The first kappa shape index (κ1) is 15.0. The van der Waals surface area contributed by atoms with E-state index in [2.05, 4.69) is 10.6 Å². The van der Waals surface area contributed by atoms with Gasteiger partial charge in [-0.25, -0.2) is 8.78 Å². The molecule has 110 valence electrons. The minimum absolute atomic E-state index is 0.0334. The summed E-state index contributed by atoms with van der Waals surface area (Å²) in [5.41, 5.74) is 1.71. The van der Waals surface area contributed by atoms with E-state index in [0.29, 0.717) is 0 Å². The number of amides is 1. The van der Waals surface area contributed by atoms with Crippen molar-refractivity contribution in [2.75, 3.05) is 17.2 Å². The van der Waals surface area contributed by atoms with E-state index in [-0.39, 0.29) is 18.1 Å². The Morgan fingerprint density at radius 1 is 1.10 bits per heavy atom. The highest BCUT2D eigenvalue weighted by Gasteiger charge is 2.08. The molecule has 3 nitrogen and oxygen atoms in total. The zero-order chi connectivity index (χ0) is 15.2. The lowest BCUT2D eigenvalue weighted by molar-refractivity contribution is -0.114. The molecule has 0 unspecified atom stereocenters. The smallest absolute Gasteiger partial charge is 0.243 e. The van der Waals surface area contributed by atoms with Gasteiger partial charge in [0.1, 0.15) is 11.6 Å². The Balaban J connectivity index is 1.97. The molecule has 5 heteroatoms. The van der Waals surface area contributed by atoms with Gasteiger partial charge in [-0.05, 0) is 36.2 Å². The maximum atomic E-state index is 13.4. The van der Waals surface area contributed by atoms with Crippen molar-refractivity contribution in [1.82, 2.24) is 0 Å². The second-order valence-electron chi connectivity index (χ2n) is 4.54. The van der Waals surface area contributed by atoms with Crippen LogP contribution in [0, 0.1) is 11.6 Å². The molecule has 0 fully saturated rings. The van der Waals surface area contributed by atoms with Crippen LogP contribution in [0.1, 0.15) is 12.5 Å². The fourth-order valence-corrected chi connectivity index (χ4v) is 1.95. The van der Waals surface area contributed by atoms with Crippen LogP contribution in [0.15, 0.2) is 42.5 Å². The molecule has 0 spiro atoms. The number of carbonyl (C=O) groups is 1. The van der Waals surface area contributed by atoms with E-state index in [1.807, 2.05) is 25.1 Å². The average Bonchev–Trinajstić information content (AvgIpc) is 2.49. The van der Waals surface area contributed by atoms with Gasteiger partial charge in [0.15, 0.2) is 0 Å². The Morgan fingerprint density at radius 2 is 1.86 bits per heavy atom. The maximum absolute atomic E-state index is 13.4. The fourth-order valence-electron chi connectivity index (χ4n) is 1.95. The van der Waals surface area contributed by atoms with Gasteiger partial charge >= 0.3 is 0 Å². The Labute approximate surface area is 122 Å². The standard InChI is InChI=1S/C16H16F2N2O/c1-2-11-5-3-4-6-14(11)20-16(21)10-19-15-9-12(17)7-8-13(15)18/h3-9,19H,2,10H2,1H3,(H,20,21). The molecule has 0 aromatic heterocycles. The van der Waals surface area contributed by atoms with Crippen LogP contribution in [0.3, 0.4) is 0 Å². The minimum Gasteiger partial charge on any atom is -0.374 e. The van der Waals surface area contributed by atoms with Crippen molar-refractivity contribution >= 4 is 17.3 Å². The predicted octanol–water partition coefficient (Wildman–Crippen LogP) is 3.58. The van der Waals surface area contributed by atoms with Crippen LogP contribution in [-0.4, -0.2) is 12.5 Å². The molecular formula is C16H16F2N2O.